The fourth-order valence-electron chi connectivity index (χ4n) is 1.75. The molecule has 0 aliphatic rings. The van der Waals surface area contributed by atoms with E-state index in [0.29, 0.717) is 17.3 Å². The van der Waals surface area contributed by atoms with Crippen LogP contribution in [0, 0.1) is 6.92 Å². The molecule has 0 atom stereocenters. The van der Waals surface area contributed by atoms with Crippen molar-refractivity contribution in [3.63, 3.8) is 0 Å². The minimum atomic E-state index is -0.176. The van der Waals surface area contributed by atoms with Gasteiger partial charge in [-0.05, 0) is 18.6 Å². The van der Waals surface area contributed by atoms with Gasteiger partial charge in [0.05, 0.1) is 12.2 Å². The first-order valence-electron chi connectivity index (χ1n) is 5.27. The smallest absolute Gasteiger partial charge is 0.290 e. The quantitative estimate of drug-likeness (QED) is 0.885. The van der Waals surface area contributed by atoms with Gasteiger partial charge >= 0.3 is 0 Å². The van der Waals surface area contributed by atoms with Gasteiger partial charge in [0.1, 0.15) is 5.69 Å². The lowest BCUT2D eigenvalue weighted by molar-refractivity contribution is 0.526. The minimum Gasteiger partial charge on any atom is -0.393 e. The Morgan fingerprint density at radius 3 is 2.53 bits per heavy atom. The van der Waals surface area contributed by atoms with Crippen LogP contribution in [0.5, 0.6) is 0 Å². The zero-order valence-electron chi connectivity index (χ0n) is 9.77. The Labute approximate surface area is 104 Å². The van der Waals surface area contributed by atoms with Gasteiger partial charge in [0, 0.05) is 12.1 Å². The van der Waals surface area contributed by atoms with Crippen LogP contribution in [0.1, 0.15) is 11.3 Å². The first-order chi connectivity index (χ1) is 8.02. The predicted molar refractivity (Wildman–Crippen MR) is 69.4 cm³/mol. The second kappa shape index (κ2) is 4.30. The Bertz CT molecular complexity index is 613. The van der Waals surface area contributed by atoms with Crippen molar-refractivity contribution in [2.45, 2.75) is 13.5 Å². The van der Waals surface area contributed by atoms with Crippen molar-refractivity contribution in [2.75, 3.05) is 5.73 Å². The molecule has 90 valence electrons. The van der Waals surface area contributed by atoms with E-state index in [9.17, 15) is 4.79 Å². The highest BCUT2D eigenvalue weighted by Crippen LogP contribution is 2.16. The van der Waals surface area contributed by atoms with E-state index in [0.717, 1.165) is 11.3 Å². The molecule has 0 bridgehead atoms. The maximum absolute atomic E-state index is 11.9. The second-order valence-electron chi connectivity index (χ2n) is 3.98. The van der Waals surface area contributed by atoms with Crippen molar-refractivity contribution < 1.29 is 0 Å². The monoisotopic (exact) mass is 251 g/mol. The van der Waals surface area contributed by atoms with Gasteiger partial charge in [-0.15, -0.1) is 0 Å². The standard InChI is InChI=1S/C12H14ClN3O/c1-8-11(14)12(17)16(15(8)2)7-9-5-3-4-6-10(9)13/h3-6H,7,14H2,1-2H3. The van der Waals surface area contributed by atoms with E-state index < -0.39 is 0 Å². The highest BCUT2D eigenvalue weighted by molar-refractivity contribution is 6.31. The van der Waals surface area contributed by atoms with Gasteiger partial charge in [-0.3, -0.25) is 9.48 Å². The van der Waals surface area contributed by atoms with Crippen LogP contribution in [0.3, 0.4) is 0 Å². The summed E-state index contributed by atoms with van der Waals surface area (Å²) in [5, 5.41) is 0.650. The van der Waals surface area contributed by atoms with Crippen LogP contribution in [0.25, 0.3) is 0 Å². The van der Waals surface area contributed by atoms with E-state index in [1.807, 2.05) is 32.2 Å². The van der Waals surface area contributed by atoms with E-state index in [1.54, 1.807) is 15.4 Å². The lowest BCUT2D eigenvalue weighted by Gasteiger charge is -2.09. The summed E-state index contributed by atoms with van der Waals surface area (Å²) >= 11 is 6.07. The zero-order valence-corrected chi connectivity index (χ0v) is 10.5. The van der Waals surface area contributed by atoms with Crippen LogP contribution < -0.4 is 11.3 Å². The topological polar surface area (TPSA) is 53.0 Å². The Hall–Kier alpha value is -1.68. The van der Waals surface area contributed by atoms with Crippen molar-refractivity contribution in [2.24, 2.45) is 7.05 Å². The fraction of sp³-hybridized carbons (Fsp3) is 0.250. The number of hydrogen-bond donors (Lipinski definition) is 1. The Balaban J connectivity index is 2.48. The number of nitrogen functional groups attached to an aromatic ring is 1. The van der Waals surface area contributed by atoms with Crippen LogP contribution in [0.2, 0.25) is 5.02 Å². The molecule has 0 aliphatic heterocycles. The van der Waals surface area contributed by atoms with Gasteiger partial charge in [-0.25, -0.2) is 4.68 Å². The summed E-state index contributed by atoms with van der Waals surface area (Å²) in [7, 11) is 1.81. The molecule has 1 aromatic carbocycles. The second-order valence-corrected chi connectivity index (χ2v) is 4.38. The first-order valence-corrected chi connectivity index (χ1v) is 5.65. The highest BCUT2D eigenvalue weighted by atomic mass is 35.5. The predicted octanol–water partition coefficient (Wildman–Crippen LogP) is 1.78. The molecule has 0 spiro atoms. The summed E-state index contributed by atoms with van der Waals surface area (Å²) in [6.07, 6.45) is 0. The molecule has 1 aromatic heterocycles. The summed E-state index contributed by atoms with van der Waals surface area (Å²) in [4.78, 5) is 11.9. The minimum absolute atomic E-state index is 0.176. The van der Waals surface area contributed by atoms with Crippen molar-refractivity contribution in [1.82, 2.24) is 9.36 Å². The van der Waals surface area contributed by atoms with Crippen molar-refractivity contribution >= 4 is 17.3 Å². The number of halogens is 1. The van der Waals surface area contributed by atoms with Crippen LogP contribution >= 0.6 is 11.6 Å². The van der Waals surface area contributed by atoms with E-state index >= 15 is 0 Å². The SMILES string of the molecule is Cc1c(N)c(=O)n(Cc2ccccc2Cl)n1C. The van der Waals surface area contributed by atoms with Crippen molar-refractivity contribution in [3.8, 4) is 0 Å². The third kappa shape index (κ3) is 1.96. The normalized spacial score (nSPS) is 10.8. The average Bonchev–Trinajstić information content (AvgIpc) is 2.50. The molecule has 0 aliphatic carbocycles. The number of rotatable bonds is 2. The number of nitrogens with zero attached hydrogens (tertiary/aromatic N) is 2. The van der Waals surface area contributed by atoms with Crippen molar-refractivity contribution in [1.29, 1.82) is 0 Å². The maximum Gasteiger partial charge on any atom is 0.290 e. The van der Waals surface area contributed by atoms with E-state index in [1.165, 1.54) is 0 Å². The zero-order chi connectivity index (χ0) is 12.6. The molecule has 4 nitrogen and oxygen atoms in total. The number of benzene rings is 1. The van der Waals surface area contributed by atoms with E-state index in [-0.39, 0.29) is 5.56 Å². The van der Waals surface area contributed by atoms with Crippen LogP contribution in [-0.4, -0.2) is 9.36 Å². The molecule has 0 unspecified atom stereocenters. The average molecular weight is 252 g/mol. The first kappa shape index (κ1) is 11.8. The summed E-state index contributed by atoms with van der Waals surface area (Å²) in [5.41, 5.74) is 7.49. The molecule has 0 saturated carbocycles. The van der Waals surface area contributed by atoms with Gasteiger partial charge in [0.15, 0.2) is 0 Å². The molecule has 5 heteroatoms. The number of nitrogens with two attached hydrogens (primary N) is 1. The molecule has 2 rings (SSSR count). The highest BCUT2D eigenvalue weighted by Gasteiger charge is 2.12. The fourth-order valence-corrected chi connectivity index (χ4v) is 1.95. The molecule has 2 N–H and O–H groups in total. The van der Waals surface area contributed by atoms with Crippen molar-refractivity contribution in [3.05, 3.63) is 50.9 Å². The molecule has 0 amide bonds. The molecular weight excluding hydrogens is 238 g/mol. The molecule has 0 saturated heterocycles. The molecular formula is C12H14ClN3O. The summed E-state index contributed by atoms with van der Waals surface area (Å²) in [6.45, 7) is 2.24. The maximum atomic E-state index is 11.9. The van der Waals surface area contributed by atoms with E-state index in [2.05, 4.69) is 0 Å². The lowest BCUT2D eigenvalue weighted by atomic mass is 10.2. The molecule has 2 aromatic rings. The van der Waals surface area contributed by atoms with Gasteiger partial charge < -0.3 is 5.73 Å². The number of aromatic nitrogens is 2. The largest absolute Gasteiger partial charge is 0.393 e. The third-order valence-corrected chi connectivity index (χ3v) is 3.35. The Morgan fingerprint density at radius 2 is 2.00 bits per heavy atom. The molecule has 1 heterocycles. The lowest BCUT2D eigenvalue weighted by Crippen LogP contribution is -2.23. The Morgan fingerprint density at radius 1 is 1.35 bits per heavy atom. The Kier molecular flexibility index (Phi) is 2.98. The van der Waals surface area contributed by atoms with Crippen LogP contribution in [0.15, 0.2) is 29.1 Å². The van der Waals surface area contributed by atoms with Gasteiger partial charge in [0.25, 0.3) is 5.56 Å². The third-order valence-electron chi connectivity index (χ3n) is 2.98. The summed E-state index contributed by atoms with van der Waals surface area (Å²) in [6, 6.07) is 7.46. The molecule has 0 radical (unpaired) electrons. The number of hydrogen-bond acceptors (Lipinski definition) is 2. The number of anilines is 1. The van der Waals surface area contributed by atoms with Gasteiger partial charge in [-0.1, -0.05) is 29.8 Å². The summed E-state index contributed by atoms with van der Waals surface area (Å²) < 4.78 is 3.33. The molecule has 17 heavy (non-hydrogen) atoms. The van der Waals surface area contributed by atoms with Crippen LogP contribution in [-0.2, 0) is 13.6 Å². The summed E-state index contributed by atoms with van der Waals surface area (Å²) in [5.74, 6) is 0. The van der Waals surface area contributed by atoms with E-state index in [4.69, 9.17) is 17.3 Å². The van der Waals surface area contributed by atoms with Gasteiger partial charge in [-0.2, -0.15) is 0 Å². The van der Waals surface area contributed by atoms with Crippen LogP contribution in [0.4, 0.5) is 5.69 Å². The molecule has 0 fully saturated rings. The van der Waals surface area contributed by atoms with Gasteiger partial charge in [0.2, 0.25) is 0 Å².